The van der Waals surface area contributed by atoms with Crippen LogP contribution in [-0.4, -0.2) is 49.3 Å². The Kier molecular flexibility index (Phi) is 4.54. The Hall–Kier alpha value is -1.85. The van der Waals surface area contributed by atoms with Crippen LogP contribution in [0.2, 0.25) is 0 Å². The molecule has 0 amide bonds. The highest BCUT2D eigenvalue weighted by Crippen LogP contribution is 2.35. The maximum Gasteiger partial charge on any atom is 0.0947 e. The number of likely N-dealkylation sites (tertiary alicyclic amines) is 1. The Balaban J connectivity index is 1.49. The summed E-state index contributed by atoms with van der Waals surface area (Å²) in [6.07, 6.45) is 9.86. The minimum Gasteiger partial charge on any atom is -0.472 e. The number of hydrogen-bond donors (Lipinski definition) is 0. The van der Waals surface area contributed by atoms with Gasteiger partial charge in [-0.25, -0.2) is 0 Å². The minimum atomic E-state index is 0.203. The van der Waals surface area contributed by atoms with E-state index in [9.17, 15) is 0 Å². The van der Waals surface area contributed by atoms with Gasteiger partial charge in [0.2, 0.25) is 0 Å². The van der Waals surface area contributed by atoms with Gasteiger partial charge in [-0.1, -0.05) is 0 Å². The number of rotatable bonds is 3. The van der Waals surface area contributed by atoms with E-state index in [4.69, 9.17) is 9.15 Å². The highest BCUT2D eigenvalue weighted by molar-refractivity contribution is 5.44. The highest BCUT2D eigenvalue weighted by Gasteiger charge is 2.39. The predicted molar refractivity (Wildman–Crippen MR) is 92.9 cm³/mol. The van der Waals surface area contributed by atoms with Gasteiger partial charge in [0.1, 0.15) is 0 Å². The monoisotopic (exact) mass is 327 g/mol. The SMILES string of the molecule is c1cncc(N2CCOC[C@]3(CCCN(Cc4ccoc4)C3)C2)c1. The molecule has 2 aliphatic heterocycles. The van der Waals surface area contributed by atoms with Crippen molar-refractivity contribution in [2.45, 2.75) is 19.4 Å². The molecule has 0 radical (unpaired) electrons. The van der Waals surface area contributed by atoms with E-state index in [1.807, 2.05) is 24.7 Å². The smallest absolute Gasteiger partial charge is 0.0947 e. The molecule has 1 atom stereocenters. The van der Waals surface area contributed by atoms with Gasteiger partial charge in [-0.3, -0.25) is 9.88 Å². The van der Waals surface area contributed by atoms with Crippen LogP contribution in [0.5, 0.6) is 0 Å². The molecule has 0 bridgehead atoms. The number of piperidine rings is 1. The average Bonchev–Trinajstić information content (AvgIpc) is 3.03. The third kappa shape index (κ3) is 3.47. The van der Waals surface area contributed by atoms with E-state index in [0.29, 0.717) is 0 Å². The van der Waals surface area contributed by atoms with Crippen LogP contribution < -0.4 is 4.90 Å². The molecule has 0 N–H and O–H groups in total. The van der Waals surface area contributed by atoms with Crippen molar-refractivity contribution in [2.24, 2.45) is 5.41 Å². The number of pyridine rings is 1. The number of nitrogens with zero attached hydrogens (tertiary/aromatic N) is 3. The lowest BCUT2D eigenvalue weighted by atomic mass is 9.80. The van der Waals surface area contributed by atoms with E-state index in [1.165, 1.54) is 24.1 Å². The molecule has 4 rings (SSSR count). The fourth-order valence-electron chi connectivity index (χ4n) is 4.09. The van der Waals surface area contributed by atoms with Gasteiger partial charge in [-0.05, 0) is 37.6 Å². The Morgan fingerprint density at radius 1 is 1.21 bits per heavy atom. The molecule has 0 saturated carbocycles. The zero-order chi connectivity index (χ0) is 16.2. The van der Waals surface area contributed by atoms with E-state index in [2.05, 4.69) is 26.9 Å². The Morgan fingerprint density at radius 3 is 3.04 bits per heavy atom. The van der Waals surface area contributed by atoms with Crippen LogP contribution in [-0.2, 0) is 11.3 Å². The minimum absolute atomic E-state index is 0.203. The van der Waals surface area contributed by atoms with Crippen LogP contribution in [0.1, 0.15) is 18.4 Å². The van der Waals surface area contributed by atoms with Crippen LogP contribution in [0.15, 0.2) is 47.5 Å². The van der Waals surface area contributed by atoms with Crippen molar-refractivity contribution in [3.05, 3.63) is 48.7 Å². The first-order valence-electron chi connectivity index (χ1n) is 8.79. The van der Waals surface area contributed by atoms with Gasteiger partial charge < -0.3 is 14.1 Å². The third-order valence-corrected chi connectivity index (χ3v) is 5.18. The molecule has 2 fully saturated rings. The molecular formula is C19H25N3O2. The van der Waals surface area contributed by atoms with Crippen LogP contribution >= 0.6 is 0 Å². The van der Waals surface area contributed by atoms with Gasteiger partial charge in [-0.15, -0.1) is 0 Å². The summed E-state index contributed by atoms with van der Waals surface area (Å²) in [7, 11) is 0. The third-order valence-electron chi connectivity index (χ3n) is 5.18. The normalized spacial score (nSPS) is 25.8. The van der Waals surface area contributed by atoms with Crippen molar-refractivity contribution < 1.29 is 9.15 Å². The molecular weight excluding hydrogens is 302 g/mol. The molecule has 24 heavy (non-hydrogen) atoms. The number of anilines is 1. The molecule has 2 aliphatic rings. The first-order valence-corrected chi connectivity index (χ1v) is 8.79. The lowest BCUT2D eigenvalue weighted by Crippen LogP contribution is -2.50. The van der Waals surface area contributed by atoms with E-state index in [0.717, 1.165) is 45.9 Å². The van der Waals surface area contributed by atoms with Crippen LogP contribution in [0.25, 0.3) is 0 Å². The summed E-state index contributed by atoms with van der Waals surface area (Å²) < 4.78 is 11.2. The summed E-state index contributed by atoms with van der Waals surface area (Å²) in [5, 5.41) is 0. The van der Waals surface area contributed by atoms with Crippen molar-refractivity contribution >= 4 is 5.69 Å². The molecule has 1 spiro atoms. The fourth-order valence-corrected chi connectivity index (χ4v) is 4.09. The zero-order valence-corrected chi connectivity index (χ0v) is 14.1. The quantitative estimate of drug-likeness (QED) is 0.867. The molecule has 2 saturated heterocycles. The molecule has 5 heteroatoms. The summed E-state index contributed by atoms with van der Waals surface area (Å²) in [5.41, 5.74) is 2.66. The predicted octanol–water partition coefficient (Wildman–Crippen LogP) is 2.79. The number of hydrogen-bond acceptors (Lipinski definition) is 5. The van der Waals surface area contributed by atoms with Gasteiger partial charge in [0.05, 0.1) is 37.6 Å². The van der Waals surface area contributed by atoms with Crippen molar-refractivity contribution in [3.63, 3.8) is 0 Å². The first-order chi connectivity index (χ1) is 11.8. The first kappa shape index (κ1) is 15.7. The van der Waals surface area contributed by atoms with Gasteiger partial charge in [0, 0.05) is 43.4 Å². The number of ether oxygens (including phenoxy) is 1. The van der Waals surface area contributed by atoms with Gasteiger partial charge >= 0.3 is 0 Å². The van der Waals surface area contributed by atoms with Crippen molar-refractivity contribution in [3.8, 4) is 0 Å². The fraction of sp³-hybridized carbons (Fsp3) is 0.526. The molecule has 0 aliphatic carbocycles. The van der Waals surface area contributed by atoms with Gasteiger partial charge in [0.15, 0.2) is 0 Å². The van der Waals surface area contributed by atoms with E-state index >= 15 is 0 Å². The second-order valence-electron chi connectivity index (χ2n) is 7.13. The average molecular weight is 327 g/mol. The topological polar surface area (TPSA) is 41.7 Å². The zero-order valence-electron chi connectivity index (χ0n) is 14.1. The second-order valence-corrected chi connectivity index (χ2v) is 7.13. The van der Waals surface area contributed by atoms with E-state index < -0.39 is 0 Å². The standard InChI is InChI=1S/C19H25N3O2/c1-3-18(11-20-6-1)22-8-10-24-16-19(15-22)5-2-7-21(14-19)12-17-4-9-23-13-17/h1,3-4,6,9,11,13H,2,5,7-8,10,12,14-16H2/t19-/m0/s1. The van der Waals surface area contributed by atoms with Crippen LogP contribution in [0.3, 0.4) is 0 Å². The Morgan fingerprint density at radius 2 is 2.21 bits per heavy atom. The molecule has 5 nitrogen and oxygen atoms in total. The Bertz CT molecular complexity index is 631. The number of aromatic nitrogens is 1. The second kappa shape index (κ2) is 6.95. The van der Waals surface area contributed by atoms with E-state index in [-0.39, 0.29) is 5.41 Å². The summed E-state index contributed by atoms with van der Waals surface area (Å²) in [4.78, 5) is 9.28. The van der Waals surface area contributed by atoms with Crippen LogP contribution in [0.4, 0.5) is 5.69 Å². The Labute approximate surface area is 143 Å². The van der Waals surface area contributed by atoms with E-state index in [1.54, 1.807) is 6.26 Å². The van der Waals surface area contributed by atoms with Gasteiger partial charge in [-0.2, -0.15) is 0 Å². The molecule has 2 aromatic heterocycles. The lowest BCUT2D eigenvalue weighted by molar-refractivity contribution is 0.0106. The van der Waals surface area contributed by atoms with Crippen molar-refractivity contribution in [2.75, 3.05) is 44.3 Å². The van der Waals surface area contributed by atoms with Crippen molar-refractivity contribution in [1.82, 2.24) is 9.88 Å². The molecule has 0 unspecified atom stereocenters. The molecule has 2 aromatic rings. The van der Waals surface area contributed by atoms with Crippen LogP contribution in [0, 0.1) is 5.41 Å². The maximum absolute atomic E-state index is 6.02. The summed E-state index contributed by atoms with van der Waals surface area (Å²) >= 11 is 0. The maximum atomic E-state index is 6.02. The molecule has 0 aromatic carbocycles. The molecule has 128 valence electrons. The molecule has 4 heterocycles. The lowest BCUT2D eigenvalue weighted by Gasteiger charge is -2.44. The highest BCUT2D eigenvalue weighted by atomic mass is 16.5. The summed E-state index contributed by atoms with van der Waals surface area (Å²) in [6, 6.07) is 6.23. The van der Waals surface area contributed by atoms with Gasteiger partial charge in [0.25, 0.3) is 0 Å². The summed E-state index contributed by atoms with van der Waals surface area (Å²) in [5.74, 6) is 0. The number of furan rings is 1. The largest absolute Gasteiger partial charge is 0.472 e. The summed E-state index contributed by atoms with van der Waals surface area (Å²) in [6.45, 7) is 6.82. The van der Waals surface area contributed by atoms with Crippen molar-refractivity contribution in [1.29, 1.82) is 0 Å².